The molecule has 4 heteroatoms. The van der Waals surface area contributed by atoms with Gasteiger partial charge < -0.3 is 4.57 Å². The molecular weight excluding hydrogens is 176 g/mol. The van der Waals surface area contributed by atoms with E-state index in [4.69, 9.17) is 11.6 Å². The Hall–Kier alpha value is -0.830. The van der Waals surface area contributed by atoms with Crippen LogP contribution in [0.2, 0.25) is 5.15 Å². The second kappa shape index (κ2) is 2.59. The van der Waals surface area contributed by atoms with E-state index in [1.165, 1.54) is 0 Å². The van der Waals surface area contributed by atoms with E-state index in [2.05, 4.69) is 4.98 Å². The molecule has 2 rings (SSSR count). The molecule has 0 aromatic carbocycles. The summed E-state index contributed by atoms with van der Waals surface area (Å²) in [6.07, 6.45) is 1.33. The fraction of sp³-hybridized carbons (Fsp3) is 0.500. The number of hydrogen-bond donors (Lipinski definition) is 0. The zero-order valence-corrected chi connectivity index (χ0v) is 7.56. The van der Waals surface area contributed by atoms with Crippen molar-refractivity contribution < 1.29 is 4.79 Å². The van der Waals surface area contributed by atoms with Gasteiger partial charge in [0.1, 0.15) is 11.0 Å². The van der Waals surface area contributed by atoms with Crippen molar-refractivity contribution in [3.63, 3.8) is 0 Å². The number of aryl methyl sites for hydroxylation is 2. The summed E-state index contributed by atoms with van der Waals surface area (Å²) in [5.74, 6) is 1.18. The minimum Gasteiger partial charge on any atom is -0.311 e. The number of nitrogens with zero attached hydrogens (tertiary/aromatic N) is 2. The minimum atomic E-state index is 0.238. The number of carbonyl (C=O) groups excluding carboxylic acids is 1. The van der Waals surface area contributed by atoms with Gasteiger partial charge in [0.05, 0.1) is 12.2 Å². The van der Waals surface area contributed by atoms with Crippen LogP contribution in [-0.4, -0.2) is 15.3 Å². The first-order valence-electron chi connectivity index (χ1n) is 3.91. The molecule has 1 aromatic rings. The van der Waals surface area contributed by atoms with E-state index in [1.54, 1.807) is 4.57 Å². The highest BCUT2D eigenvalue weighted by atomic mass is 35.5. The molecule has 12 heavy (non-hydrogen) atoms. The Kier molecular flexibility index (Phi) is 1.68. The third kappa shape index (κ3) is 1.05. The summed E-state index contributed by atoms with van der Waals surface area (Å²) in [4.78, 5) is 15.3. The first kappa shape index (κ1) is 7.80. The summed E-state index contributed by atoms with van der Waals surface area (Å²) < 4.78 is 1.79. The zero-order chi connectivity index (χ0) is 8.72. The van der Waals surface area contributed by atoms with Crippen LogP contribution in [0.1, 0.15) is 17.9 Å². The maximum Gasteiger partial charge on any atom is 0.153 e. The van der Waals surface area contributed by atoms with Crippen LogP contribution in [0.25, 0.3) is 0 Å². The van der Waals surface area contributed by atoms with Gasteiger partial charge in [-0.05, 0) is 6.92 Å². The first-order valence-corrected chi connectivity index (χ1v) is 4.29. The van der Waals surface area contributed by atoms with Crippen molar-refractivity contribution >= 4 is 17.4 Å². The van der Waals surface area contributed by atoms with Gasteiger partial charge in [-0.2, -0.15) is 0 Å². The molecule has 0 atom stereocenters. The van der Waals surface area contributed by atoms with E-state index in [9.17, 15) is 4.79 Å². The Balaban J connectivity index is 2.50. The van der Waals surface area contributed by atoms with Crippen molar-refractivity contribution in [1.29, 1.82) is 0 Å². The van der Waals surface area contributed by atoms with Crippen LogP contribution in [0, 0.1) is 6.92 Å². The number of imidazole rings is 1. The van der Waals surface area contributed by atoms with Gasteiger partial charge in [-0.3, -0.25) is 4.79 Å². The fourth-order valence-corrected chi connectivity index (χ4v) is 1.67. The van der Waals surface area contributed by atoms with Crippen molar-refractivity contribution in [2.24, 2.45) is 0 Å². The zero-order valence-electron chi connectivity index (χ0n) is 6.80. The van der Waals surface area contributed by atoms with Gasteiger partial charge >= 0.3 is 0 Å². The highest BCUT2D eigenvalue weighted by Crippen LogP contribution is 2.21. The maximum atomic E-state index is 11.1. The van der Waals surface area contributed by atoms with E-state index >= 15 is 0 Å². The second-order valence-corrected chi connectivity index (χ2v) is 3.39. The third-order valence-corrected chi connectivity index (χ3v) is 2.58. The highest BCUT2D eigenvalue weighted by molar-refractivity contribution is 6.30. The summed E-state index contributed by atoms with van der Waals surface area (Å²) in [5.41, 5.74) is 0.821. The van der Waals surface area contributed by atoms with Crippen molar-refractivity contribution in [2.75, 3.05) is 0 Å². The molecule has 0 fully saturated rings. The SMILES string of the molecule is Cc1nc2n(c1Cl)CC(=O)CC2. The minimum absolute atomic E-state index is 0.238. The molecule has 3 nitrogen and oxygen atoms in total. The van der Waals surface area contributed by atoms with Gasteiger partial charge in [-0.25, -0.2) is 4.98 Å². The number of carbonyl (C=O) groups is 1. The predicted octanol–water partition coefficient (Wildman–Crippen LogP) is 1.36. The lowest BCUT2D eigenvalue weighted by Crippen LogP contribution is -2.19. The summed E-state index contributed by atoms with van der Waals surface area (Å²) in [5, 5.41) is 0.609. The molecule has 0 unspecified atom stereocenters. The molecule has 1 aliphatic heterocycles. The predicted molar refractivity (Wildman–Crippen MR) is 45.3 cm³/mol. The van der Waals surface area contributed by atoms with E-state index in [1.807, 2.05) is 6.92 Å². The van der Waals surface area contributed by atoms with Crippen molar-refractivity contribution in [2.45, 2.75) is 26.3 Å². The normalized spacial score (nSPS) is 16.3. The van der Waals surface area contributed by atoms with Crippen LogP contribution in [0.4, 0.5) is 0 Å². The number of ketones is 1. The van der Waals surface area contributed by atoms with E-state index in [0.717, 1.165) is 17.9 Å². The average molecular weight is 185 g/mol. The quantitative estimate of drug-likeness (QED) is 0.610. The molecule has 0 spiro atoms. The summed E-state index contributed by atoms with van der Waals surface area (Å²) in [6, 6.07) is 0. The lowest BCUT2D eigenvalue weighted by molar-refractivity contribution is -0.120. The molecule has 0 bridgehead atoms. The number of rotatable bonds is 0. The number of fused-ring (bicyclic) bond motifs is 1. The standard InChI is InChI=1S/C8H9ClN2O/c1-5-8(9)11-4-6(12)2-3-7(11)10-5/h2-4H2,1H3. The van der Waals surface area contributed by atoms with Crippen molar-refractivity contribution in [1.82, 2.24) is 9.55 Å². The summed E-state index contributed by atoms with van der Waals surface area (Å²) >= 11 is 5.94. The molecule has 0 saturated carbocycles. The molecule has 0 amide bonds. The molecule has 0 N–H and O–H groups in total. The smallest absolute Gasteiger partial charge is 0.153 e. The average Bonchev–Trinajstić information content (AvgIpc) is 2.31. The van der Waals surface area contributed by atoms with Crippen LogP contribution in [0.3, 0.4) is 0 Å². The Labute approximate surface area is 75.4 Å². The molecule has 2 heterocycles. The van der Waals surface area contributed by atoms with Gasteiger partial charge in [0.25, 0.3) is 0 Å². The van der Waals surface area contributed by atoms with E-state index < -0.39 is 0 Å². The van der Waals surface area contributed by atoms with E-state index in [0.29, 0.717) is 18.1 Å². The summed E-state index contributed by atoms with van der Waals surface area (Å²) in [7, 11) is 0. The van der Waals surface area contributed by atoms with Gasteiger partial charge in [-0.1, -0.05) is 11.6 Å². The molecular formula is C8H9ClN2O. The van der Waals surface area contributed by atoms with Gasteiger partial charge in [0.2, 0.25) is 0 Å². The number of halogens is 1. The highest BCUT2D eigenvalue weighted by Gasteiger charge is 2.20. The molecule has 64 valence electrons. The second-order valence-electron chi connectivity index (χ2n) is 3.03. The Morgan fingerprint density at radius 1 is 1.50 bits per heavy atom. The topological polar surface area (TPSA) is 34.9 Å². The van der Waals surface area contributed by atoms with Gasteiger partial charge in [0.15, 0.2) is 5.78 Å². The largest absolute Gasteiger partial charge is 0.311 e. The Bertz CT molecular complexity index is 343. The number of hydrogen-bond acceptors (Lipinski definition) is 2. The van der Waals surface area contributed by atoms with Gasteiger partial charge in [-0.15, -0.1) is 0 Å². The van der Waals surface area contributed by atoms with Crippen molar-refractivity contribution in [3.05, 3.63) is 16.7 Å². The van der Waals surface area contributed by atoms with Gasteiger partial charge in [0, 0.05) is 12.8 Å². The van der Waals surface area contributed by atoms with Crippen LogP contribution in [0.15, 0.2) is 0 Å². The van der Waals surface area contributed by atoms with Crippen LogP contribution >= 0.6 is 11.6 Å². The Morgan fingerprint density at radius 3 is 3.00 bits per heavy atom. The molecule has 1 aromatic heterocycles. The number of Topliss-reactive ketones (excluding diaryl/α,β-unsaturated/α-hetero) is 1. The molecule has 0 aliphatic carbocycles. The van der Waals surface area contributed by atoms with Crippen LogP contribution in [0.5, 0.6) is 0 Å². The molecule has 0 radical (unpaired) electrons. The van der Waals surface area contributed by atoms with Crippen molar-refractivity contribution in [3.8, 4) is 0 Å². The lowest BCUT2D eigenvalue weighted by Gasteiger charge is -2.12. The van der Waals surface area contributed by atoms with Crippen LogP contribution < -0.4 is 0 Å². The first-order chi connectivity index (χ1) is 5.68. The third-order valence-electron chi connectivity index (χ3n) is 2.11. The molecule has 1 aliphatic rings. The van der Waals surface area contributed by atoms with Crippen LogP contribution in [-0.2, 0) is 17.8 Å². The Morgan fingerprint density at radius 2 is 2.25 bits per heavy atom. The van der Waals surface area contributed by atoms with E-state index in [-0.39, 0.29) is 5.78 Å². The monoisotopic (exact) mass is 184 g/mol. The maximum absolute atomic E-state index is 11.1. The molecule has 0 saturated heterocycles. The lowest BCUT2D eigenvalue weighted by atomic mass is 10.1. The fourth-order valence-electron chi connectivity index (χ4n) is 1.47. The number of aromatic nitrogens is 2. The summed E-state index contributed by atoms with van der Waals surface area (Å²) in [6.45, 7) is 2.26.